The normalized spacial score (nSPS) is 11.8. The number of hydrogen-bond donors (Lipinski definition) is 1. The van der Waals surface area contributed by atoms with Gasteiger partial charge in [-0.1, -0.05) is 86.2 Å². The van der Waals surface area contributed by atoms with Crippen LogP contribution < -0.4 is 5.32 Å². The summed E-state index contributed by atoms with van der Waals surface area (Å²) in [5.74, 6) is 0. The van der Waals surface area contributed by atoms with Gasteiger partial charge in [0, 0.05) is 16.5 Å². The first-order valence-electron chi connectivity index (χ1n) is 9.34. The second-order valence-electron chi connectivity index (χ2n) is 6.57. The molecule has 0 spiro atoms. The van der Waals surface area contributed by atoms with Crippen molar-refractivity contribution in [2.24, 2.45) is 0 Å². The van der Waals surface area contributed by atoms with E-state index in [-0.39, 0.29) is 0 Å². The minimum absolute atomic E-state index is 0.737. The van der Waals surface area contributed by atoms with Crippen LogP contribution in [-0.4, -0.2) is 9.56 Å². The number of rotatable bonds is 5. The van der Waals surface area contributed by atoms with Crippen molar-refractivity contribution in [3.05, 3.63) is 84.9 Å². The summed E-state index contributed by atoms with van der Waals surface area (Å²) in [7, 11) is 0. The number of thiocarbonyl (C=S) groups is 1. The van der Waals surface area contributed by atoms with E-state index in [1.165, 1.54) is 21.8 Å². The third-order valence-corrected chi connectivity index (χ3v) is 5.02. The average Bonchev–Trinajstić information content (AvgIpc) is 3.04. The Bertz CT molecular complexity index is 1070. The predicted molar refractivity (Wildman–Crippen MR) is 121 cm³/mol. The molecule has 4 rings (SSSR count). The lowest BCUT2D eigenvalue weighted by molar-refractivity contribution is 0.956. The third-order valence-electron chi connectivity index (χ3n) is 4.71. The van der Waals surface area contributed by atoms with Gasteiger partial charge >= 0.3 is 0 Å². The number of benzene rings is 3. The second-order valence-corrected chi connectivity index (χ2v) is 6.98. The number of hydrogen-bond acceptors (Lipinski definition) is 1. The zero-order chi connectivity index (χ0) is 18.6. The van der Waals surface area contributed by atoms with E-state index >= 15 is 0 Å². The largest absolute Gasteiger partial charge is 0.345 e. The fourth-order valence-corrected chi connectivity index (χ4v) is 3.76. The van der Waals surface area contributed by atoms with Crippen molar-refractivity contribution < 1.29 is 0 Å². The van der Waals surface area contributed by atoms with Crippen molar-refractivity contribution in [2.75, 3.05) is 5.32 Å². The van der Waals surface area contributed by atoms with E-state index in [0.717, 1.165) is 29.2 Å². The molecule has 1 aromatic heterocycles. The predicted octanol–water partition coefficient (Wildman–Crippen LogP) is 6.88. The summed E-state index contributed by atoms with van der Waals surface area (Å²) in [6.45, 7) is 2.19. The van der Waals surface area contributed by atoms with Gasteiger partial charge in [0.25, 0.3) is 0 Å². The van der Waals surface area contributed by atoms with Crippen LogP contribution in [0.4, 0.5) is 5.69 Å². The van der Waals surface area contributed by atoms with Gasteiger partial charge in [0.05, 0.1) is 16.7 Å². The van der Waals surface area contributed by atoms with Crippen molar-refractivity contribution in [2.45, 2.75) is 19.8 Å². The Morgan fingerprint density at radius 3 is 2.00 bits per heavy atom. The number of aromatic nitrogens is 1. The highest BCUT2D eigenvalue weighted by Gasteiger charge is 2.16. The van der Waals surface area contributed by atoms with Gasteiger partial charge in [-0.2, -0.15) is 0 Å². The van der Waals surface area contributed by atoms with E-state index in [1.54, 1.807) is 0 Å². The molecule has 0 radical (unpaired) electrons. The number of fused-ring (bicyclic) bond motifs is 3. The summed E-state index contributed by atoms with van der Waals surface area (Å²) < 4.78 is 2.29. The van der Waals surface area contributed by atoms with Crippen LogP contribution >= 0.6 is 12.2 Å². The third kappa shape index (κ3) is 3.38. The van der Waals surface area contributed by atoms with Crippen LogP contribution in [0.25, 0.3) is 27.5 Å². The van der Waals surface area contributed by atoms with Crippen LogP contribution in [0.15, 0.2) is 84.9 Å². The first kappa shape index (κ1) is 17.5. The van der Waals surface area contributed by atoms with Gasteiger partial charge in [-0.3, -0.25) is 0 Å². The Kier molecular flexibility index (Phi) is 5.03. The molecule has 3 heteroatoms. The van der Waals surface area contributed by atoms with E-state index in [4.69, 9.17) is 12.2 Å². The van der Waals surface area contributed by atoms with Gasteiger partial charge in [0.15, 0.2) is 0 Å². The number of anilines is 1. The van der Waals surface area contributed by atoms with E-state index < -0.39 is 0 Å². The van der Waals surface area contributed by atoms with Crippen molar-refractivity contribution in [3.63, 3.8) is 0 Å². The van der Waals surface area contributed by atoms with E-state index in [1.807, 2.05) is 30.3 Å². The SMILES string of the molecule is CCCC=C(C(=S)Nc1ccccc1)n1c2ccccc2c2ccccc21. The first-order chi connectivity index (χ1) is 13.3. The maximum Gasteiger partial charge on any atom is 0.127 e. The fraction of sp³-hybridized carbons (Fsp3) is 0.125. The fourth-order valence-electron chi connectivity index (χ4n) is 3.47. The monoisotopic (exact) mass is 370 g/mol. The summed E-state index contributed by atoms with van der Waals surface area (Å²) in [5.41, 5.74) is 4.40. The Morgan fingerprint density at radius 2 is 1.41 bits per heavy atom. The van der Waals surface area contributed by atoms with Gasteiger partial charge in [-0.15, -0.1) is 0 Å². The summed E-state index contributed by atoms with van der Waals surface area (Å²) in [4.78, 5) is 0.737. The minimum Gasteiger partial charge on any atom is -0.345 e. The summed E-state index contributed by atoms with van der Waals surface area (Å²) >= 11 is 5.84. The molecule has 4 aromatic rings. The standard InChI is InChI=1S/C24H22N2S/c1-2-3-15-23(24(27)25-18-11-5-4-6-12-18)26-21-16-9-7-13-19(21)20-14-8-10-17-22(20)26/h4-17H,2-3H2,1H3,(H,25,27). The van der Waals surface area contributed by atoms with Crippen LogP contribution in [-0.2, 0) is 0 Å². The van der Waals surface area contributed by atoms with Crippen molar-refractivity contribution >= 4 is 50.4 Å². The lowest BCUT2D eigenvalue weighted by Gasteiger charge is -2.16. The minimum atomic E-state index is 0.737. The molecule has 0 unspecified atom stereocenters. The molecular formula is C24H22N2S. The molecule has 0 bridgehead atoms. The smallest absolute Gasteiger partial charge is 0.127 e. The van der Waals surface area contributed by atoms with Gasteiger partial charge < -0.3 is 9.88 Å². The molecule has 0 aliphatic rings. The Hall–Kier alpha value is -2.91. The molecule has 0 aliphatic carbocycles. The maximum atomic E-state index is 5.84. The lowest BCUT2D eigenvalue weighted by atomic mass is 10.2. The molecule has 0 amide bonds. The second kappa shape index (κ2) is 7.77. The van der Waals surface area contributed by atoms with E-state index in [9.17, 15) is 0 Å². The average molecular weight is 371 g/mol. The van der Waals surface area contributed by atoms with Crippen molar-refractivity contribution in [1.82, 2.24) is 4.57 Å². The first-order valence-corrected chi connectivity index (χ1v) is 9.75. The molecule has 27 heavy (non-hydrogen) atoms. The molecule has 1 N–H and O–H groups in total. The Balaban J connectivity index is 1.89. The molecule has 134 valence electrons. The summed E-state index contributed by atoms with van der Waals surface area (Å²) in [5, 5.41) is 5.91. The van der Waals surface area contributed by atoms with Crippen LogP contribution in [0, 0.1) is 0 Å². The number of para-hydroxylation sites is 3. The van der Waals surface area contributed by atoms with E-state index in [2.05, 4.69) is 71.4 Å². The molecule has 1 heterocycles. The van der Waals surface area contributed by atoms with Gasteiger partial charge in [0.1, 0.15) is 4.99 Å². The highest BCUT2D eigenvalue weighted by molar-refractivity contribution is 7.81. The van der Waals surface area contributed by atoms with Gasteiger partial charge in [-0.05, 0) is 30.7 Å². The molecule has 0 fully saturated rings. The molecule has 0 saturated carbocycles. The maximum absolute atomic E-state index is 5.84. The zero-order valence-electron chi connectivity index (χ0n) is 15.4. The zero-order valence-corrected chi connectivity index (χ0v) is 16.2. The van der Waals surface area contributed by atoms with Crippen LogP contribution in [0.3, 0.4) is 0 Å². The molecule has 3 aromatic carbocycles. The highest BCUT2D eigenvalue weighted by atomic mass is 32.1. The highest BCUT2D eigenvalue weighted by Crippen LogP contribution is 2.32. The Labute approximate surface area is 165 Å². The van der Waals surface area contributed by atoms with Crippen LogP contribution in [0.2, 0.25) is 0 Å². The quantitative estimate of drug-likeness (QED) is 0.305. The molecule has 0 aliphatic heterocycles. The van der Waals surface area contributed by atoms with E-state index in [0.29, 0.717) is 0 Å². The Morgan fingerprint density at radius 1 is 0.852 bits per heavy atom. The molecular weight excluding hydrogens is 348 g/mol. The van der Waals surface area contributed by atoms with Gasteiger partial charge in [-0.25, -0.2) is 0 Å². The number of unbranched alkanes of at least 4 members (excludes halogenated alkanes) is 1. The van der Waals surface area contributed by atoms with Crippen molar-refractivity contribution in [1.29, 1.82) is 0 Å². The lowest BCUT2D eigenvalue weighted by Crippen LogP contribution is -2.15. The molecule has 0 atom stereocenters. The van der Waals surface area contributed by atoms with Crippen LogP contribution in [0.5, 0.6) is 0 Å². The molecule has 2 nitrogen and oxygen atoms in total. The van der Waals surface area contributed by atoms with Crippen LogP contribution in [0.1, 0.15) is 19.8 Å². The topological polar surface area (TPSA) is 17.0 Å². The summed E-state index contributed by atoms with van der Waals surface area (Å²) in [6, 6.07) is 27.2. The molecule has 0 saturated heterocycles. The van der Waals surface area contributed by atoms with Gasteiger partial charge in [0.2, 0.25) is 0 Å². The number of nitrogens with one attached hydrogen (secondary N) is 1. The number of allylic oxidation sites excluding steroid dienone is 1. The van der Waals surface area contributed by atoms with Crippen molar-refractivity contribution in [3.8, 4) is 0 Å². The summed E-state index contributed by atoms with van der Waals surface area (Å²) in [6.07, 6.45) is 4.30. The number of nitrogens with zero attached hydrogens (tertiary/aromatic N) is 1.